The van der Waals surface area contributed by atoms with E-state index in [1.807, 2.05) is 24.3 Å². The SMILES string of the molecule is O=[N+]([O-])c1ccc(/C=C/c2cc(Cl)c3ccccc3n2)o1. The molecule has 0 bridgehead atoms. The maximum Gasteiger partial charge on any atom is 0.433 e. The number of nitro groups is 1. The topological polar surface area (TPSA) is 69.2 Å². The van der Waals surface area contributed by atoms with E-state index < -0.39 is 4.92 Å². The molecule has 3 aromatic rings. The number of benzene rings is 1. The molecular formula is C15H9ClN2O3. The maximum absolute atomic E-state index is 10.5. The predicted octanol–water partition coefficient (Wildman–Crippen LogP) is 4.56. The van der Waals surface area contributed by atoms with E-state index in [0.29, 0.717) is 16.5 Å². The molecule has 5 nitrogen and oxygen atoms in total. The fraction of sp³-hybridized carbons (Fsp3) is 0. The van der Waals surface area contributed by atoms with Crippen LogP contribution in [0.15, 0.2) is 46.9 Å². The Hall–Kier alpha value is -2.66. The van der Waals surface area contributed by atoms with Crippen molar-refractivity contribution < 1.29 is 9.34 Å². The molecule has 0 N–H and O–H groups in total. The van der Waals surface area contributed by atoms with Crippen LogP contribution in [0.3, 0.4) is 0 Å². The molecule has 0 atom stereocenters. The van der Waals surface area contributed by atoms with Crippen LogP contribution >= 0.6 is 11.6 Å². The zero-order chi connectivity index (χ0) is 14.8. The monoisotopic (exact) mass is 300 g/mol. The van der Waals surface area contributed by atoms with Crippen molar-refractivity contribution >= 4 is 40.5 Å². The Labute approximate surface area is 124 Å². The molecule has 0 fully saturated rings. The molecule has 0 saturated carbocycles. The van der Waals surface area contributed by atoms with E-state index in [2.05, 4.69) is 4.98 Å². The number of hydrogen-bond donors (Lipinski definition) is 0. The number of hydrogen-bond acceptors (Lipinski definition) is 4. The second-order valence-corrected chi connectivity index (χ2v) is 4.72. The van der Waals surface area contributed by atoms with Crippen molar-refractivity contribution in [2.45, 2.75) is 0 Å². The number of nitrogens with zero attached hydrogens (tertiary/aromatic N) is 2. The Kier molecular flexibility index (Phi) is 3.41. The van der Waals surface area contributed by atoms with Gasteiger partial charge in [0.25, 0.3) is 0 Å². The van der Waals surface area contributed by atoms with Gasteiger partial charge in [-0.25, -0.2) is 4.98 Å². The second-order valence-electron chi connectivity index (χ2n) is 4.31. The summed E-state index contributed by atoms with van der Waals surface area (Å²) in [5.74, 6) is 0.0898. The minimum Gasteiger partial charge on any atom is -0.401 e. The lowest BCUT2D eigenvalue weighted by molar-refractivity contribution is -0.402. The van der Waals surface area contributed by atoms with E-state index in [1.54, 1.807) is 18.2 Å². The summed E-state index contributed by atoms with van der Waals surface area (Å²) < 4.78 is 5.04. The molecule has 104 valence electrons. The minimum atomic E-state index is -0.581. The molecule has 0 radical (unpaired) electrons. The summed E-state index contributed by atoms with van der Waals surface area (Å²) in [6, 6.07) is 12.1. The first kappa shape index (κ1) is 13.3. The van der Waals surface area contributed by atoms with Crippen LogP contribution in [0.25, 0.3) is 23.1 Å². The van der Waals surface area contributed by atoms with Crippen LogP contribution in [0.2, 0.25) is 5.02 Å². The van der Waals surface area contributed by atoms with Crippen molar-refractivity contribution in [3.05, 3.63) is 69.1 Å². The van der Waals surface area contributed by atoms with Crippen LogP contribution in [-0.4, -0.2) is 9.91 Å². The van der Waals surface area contributed by atoms with E-state index in [9.17, 15) is 10.1 Å². The van der Waals surface area contributed by atoms with Crippen LogP contribution in [0.1, 0.15) is 11.5 Å². The van der Waals surface area contributed by atoms with Crippen molar-refractivity contribution in [2.24, 2.45) is 0 Å². The van der Waals surface area contributed by atoms with Crippen LogP contribution in [0, 0.1) is 10.1 Å². The van der Waals surface area contributed by atoms with Crippen LogP contribution in [-0.2, 0) is 0 Å². The average molecular weight is 301 g/mol. The molecule has 0 aliphatic carbocycles. The van der Waals surface area contributed by atoms with Gasteiger partial charge in [-0.1, -0.05) is 29.8 Å². The zero-order valence-electron chi connectivity index (χ0n) is 10.7. The number of pyridine rings is 1. The average Bonchev–Trinajstić information content (AvgIpc) is 2.94. The van der Waals surface area contributed by atoms with E-state index in [4.69, 9.17) is 16.0 Å². The summed E-state index contributed by atoms with van der Waals surface area (Å²) in [6.45, 7) is 0. The molecule has 0 aliphatic rings. The number of rotatable bonds is 3. The van der Waals surface area contributed by atoms with Gasteiger partial charge in [-0.3, -0.25) is 10.1 Å². The fourth-order valence-electron chi connectivity index (χ4n) is 1.93. The first-order valence-corrected chi connectivity index (χ1v) is 6.49. The third kappa shape index (κ3) is 2.78. The molecular weight excluding hydrogens is 292 g/mol. The highest BCUT2D eigenvalue weighted by Gasteiger charge is 2.10. The molecule has 0 unspecified atom stereocenters. The third-order valence-electron chi connectivity index (χ3n) is 2.90. The second kappa shape index (κ2) is 5.38. The van der Waals surface area contributed by atoms with Gasteiger partial charge in [-0.15, -0.1) is 0 Å². The highest BCUT2D eigenvalue weighted by molar-refractivity contribution is 6.35. The highest BCUT2D eigenvalue weighted by Crippen LogP contribution is 2.24. The molecule has 6 heteroatoms. The van der Waals surface area contributed by atoms with Crippen LogP contribution < -0.4 is 0 Å². The number of fused-ring (bicyclic) bond motifs is 1. The summed E-state index contributed by atoms with van der Waals surface area (Å²) >= 11 is 6.20. The summed E-state index contributed by atoms with van der Waals surface area (Å²) in [4.78, 5) is 14.4. The van der Waals surface area contributed by atoms with Gasteiger partial charge in [0, 0.05) is 5.39 Å². The Morgan fingerprint density at radius 3 is 2.76 bits per heavy atom. The van der Waals surface area contributed by atoms with Gasteiger partial charge < -0.3 is 4.42 Å². The largest absolute Gasteiger partial charge is 0.433 e. The third-order valence-corrected chi connectivity index (χ3v) is 3.21. The number of halogens is 1. The normalized spacial score (nSPS) is 11.3. The van der Waals surface area contributed by atoms with Gasteiger partial charge in [0.15, 0.2) is 0 Å². The lowest BCUT2D eigenvalue weighted by atomic mass is 10.2. The van der Waals surface area contributed by atoms with Crippen LogP contribution in [0.5, 0.6) is 0 Å². The van der Waals surface area contributed by atoms with Crippen LogP contribution in [0.4, 0.5) is 5.88 Å². The van der Waals surface area contributed by atoms with Crippen molar-refractivity contribution in [2.75, 3.05) is 0 Å². The van der Waals surface area contributed by atoms with Gasteiger partial charge in [-0.2, -0.15) is 0 Å². The molecule has 2 heterocycles. The first-order chi connectivity index (χ1) is 10.1. The van der Waals surface area contributed by atoms with E-state index >= 15 is 0 Å². The van der Waals surface area contributed by atoms with Gasteiger partial charge >= 0.3 is 5.88 Å². The zero-order valence-corrected chi connectivity index (χ0v) is 11.4. The number of furan rings is 1. The molecule has 21 heavy (non-hydrogen) atoms. The number of aromatic nitrogens is 1. The van der Waals surface area contributed by atoms with Gasteiger partial charge in [0.05, 0.1) is 22.3 Å². The summed E-state index contributed by atoms with van der Waals surface area (Å²) in [6.07, 6.45) is 3.31. The Balaban J connectivity index is 1.93. The summed E-state index contributed by atoms with van der Waals surface area (Å²) in [7, 11) is 0. The van der Waals surface area contributed by atoms with E-state index in [0.717, 1.165) is 10.9 Å². The molecule has 0 spiro atoms. The van der Waals surface area contributed by atoms with Gasteiger partial charge in [0.1, 0.15) is 10.7 Å². The highest BCUT2D eigenvalue weighted by atomic mass is 35.5. The van der Waals surface area contributed by atoms with Crippen molar-refractivity contribution in [3.8, 4) is 0 Å². The molecule has 0 aliphatic heterocycles. The van der Waals surface area contributed by atoms with Crippen molar-refractivity contribution in [1.82, 2.24) is 4.98 Å². The van der Waals surface area contributed by atoms with Crippen molar-refractivity contribution in [1.29, 1.82) is 0 Å². The first-order valence-electron chi connectivity index (χ1n) is 6.11. The maximum atomic E-state index is 10.5. The Morgan fingerprint density at radius 1 is 1.19 bits per heavy atom. The van der Waals surface area contributed by atoms with Crippen molar-refractivity contribution in [3.63, 3.8) is 0 Å². The molecule has 0 amide bonds. The summed E-state index contributed by atoms with van der Waals surface area (Å²) in [5.41, 5.74) is 1.44. The fourth-order valence-corrected chi connectivity index (χ4v) is 2.21. The molecule has 2 aromatic heterocycles. The number of para-hydroxylation sites is 1. The standard InChI is InChI=1S/C15H9ClN2O3/c16-13-9-10(17-14-4-2-1-3-12(13)14)5-6-11-7-8-15(21-11)18(19)20/h1-9H/b6-5+. The molecule has 3 rings (SSSR count). The van der Waals surface area contributed by atoms with E-state index in [-0.39, 0.29) is 5.88 Å². The van der Waals surface area contributed by atoms with E-state index in [1.165, 1.54) is 12.1 Å². The summed E-state index contributed by atoms with van der Waals surface area (Å²) in [5, 5.41) is 12.0. The molecule has 1 aromatic carbocycles. The van der Waals surface area contributed by atoms with Gasteiger partial charge in [0.2, 0.25) is 0 Å². The predicted molar refractivity (Wildman–Crippen MR) is 81.0 cm³/mol. The molecule has 0 saturated heterocycles. The lowest BCUT2D eigenvalue weighted by Crippen LogP contribution is -1.84. The quantitative estimate of drug-likeness (QED) is 0.525. The smallest absolute Gasteiger partial charge is 0.401 e. The lowest BCUT2D eigenvalue weighted by Gasteiger charge is -2.01. The Bertz CT molecular complexity index is 855. The Morgan fingerprint density at radius 2 is 2.00 bits per heavy atom. The minimum absolute atomic E-state index is 0.292. The van der Waals surface area contributed by atoms with Gasteiger partial charge in [-0.05, 0) is 30.4 Å².